The molecule has 0 fully saturated rings. The van der Waals surface area contributed by atoms with Crippen LogP contribution < -0.4 is 0 Å². The van der Waals surface area contributed by atoms with Crippen molar-refractivity contribution in [1.82, 2.24) is 4.90 Å². The lowest BCUT2D eigenvalue weighted by Gasteiger charge is -2.37. The Labute approximate surface area is 101 Å². The van der Waals surface area contributed by atoms with Crippen LogP contribution in [0.3, 0.4) is 0 Å². The molecule has 1 unspecified atom stereocenters. The molecule has 1 atom stereocenters. The topological polar surface area (TPSA) is 60.8 Å². The van der Waals surface area contributed by atoms with Crippen molar-refractivity contribution in [3.8, 4) is 5.75 Å². The summed E-state index contributed by atoms with van der Waals surface area (Å²) < 4.78 is 0. The zero-order valence-electron chi connectivity index (χ0n) is 10.5. The molecule has 0 spiro atoms. The third-order valence-corrected chi connectivity index (χ3v) is 3.24. The fourth-order valence-corrected chi connectivity index (χ4v) is 2.08. The predicted octanol–water partition coefficient (Wildman–Crippen LogP) is 2.03. The summed E-state index contributed by atoms with van der Waals surface area (Å²) in [5, 5.41) is 18.7. The summed E-state index contributed by atoms with van der Waals surface area (Å²) in [5.41, 5.74) is -0.386. The van der Waals surface area contributed by atoms with E-state index in [4.69, 9.17) is 0 Å². The summed E-state index contributed by atoms with van der Waals surface area (Å²) in [5.74, 6) is -0.743. The van der Waals surface area contributed by atoms with Gasteiger partial charge in [0, 0.05) is 0 Å². The summed E-state index contributed by atoms with van der Waals surface area (Å²) in [6.07, 6.45) is 0. The van der Waals surface area contributed by atoms with E-state index in [0.717, 1.165) is 0 Å². The van der Waals surface area contributed by atoms with Crippen molar-refractivity contribution in [2.75, 3.05) is 13.1 Å². The maximum absolute atomic E-state index is 11.6. The van der Waals surface area contributed by atoms with Gasteiger partial charge >= 0.3 is 5.97 Å². The standard InChI is InChI=1S/C13H19NO3/c1-4-14(5-2)13(3,12(16)17)10-6-8-11(15)9-7-10/h6-9,15H,4-5H2,1-3H3,(H,16,17). The summed E-state index contributed by atoms with van der Waals surface area (Å²) in [6.45, 7) is 6.87. The van der Waals surface area contributed by atoms with Gasteiger partial charge in [0.1, 0.15) is 11.3 Å². The Bertz CT molecular complexity index is 384. The van der Waals surface area contributed by atoms with Gasteiger partial charge in [-0.25, -0.2) is 4.79 Å². The van der Waals surface area contributed by atoms with Crippen LogP contribution in [0.2, 0.25) is 0 Å². The highest BCUT2D eigenvalue weighted by Crippen LogP contribution is 2.29. The highest BCUT2D eigenvalue weighted by Gasteiger charge is 2.39. The van der Waals surface area contributed by atoms with E-state index in [0.29, 0.717) is 18.7 Å². The molecule has 0 aromatic heterocycles. The summed E-state index contributed by atoms with van der Waals surface area (Å²) in [7, 11) is 0. The highest BCUT2D eigenvalue weighted by atomic mass is 16.4. The second kappa shape index (κ2) is 5.19. The van der Waals surface area contributed by atoms with Crippen molar-refractivity contribution >= 4 is 5.97 Å². The number of rotatable bonds is 5. The number of hydrogen-bond acceptors (Lipinski definition) is 3. The van der Waals surface area contributed by atoms with Crippen LogP contribution in [0.1, 0.15) is 26.3 Å². The Morgan fingerprint density at radius 2 is 1.71 bits per heavy atom. The first-order chi connectivity index (χ1) is 7.96. The molecule has 94 valence electrons. The van der Waals surface area contributed by atoms with Crippen molar-refractivity contribution in [1.29, 1.82) is 0 Å². The molecule has 0 saturated heterocycles. The molecular weight excluding hydrogens is 218 g/mol. The number of phenols is 1. The zero-order valence-corrected chi connectivity index (χ0v) is 10.5. The molecule has 4 nitrogen and oxygen atoms in total. The molecule has 0 aliphatic carbocycles. The molecule has 1 aromatic carbocycles. The minimum atomic E-state index is -1.06. The van der Waals surface area contributed by atoms with Crippen LogP contribution in [0.4, 0.5) is 0 Å². The number of carboxylic acid groups (broad SMARTS) is 1. The predicted molar refractivity (Wildman–Crippen MR) is 66.0 cm³/mol. The molecule has 0 aliphatic heterocycles. The van der Waals surface area contributed by atoms with Gasteiger partial charge in [-0.3, -0.25) is 4.90 Å². The smallest absolute Gasteiger partial charge is 0.328 e. The molecule has 1 rings (SSSR count). The minimum absolute atomic E-state index is 0.140. The average molecular weight is 237 g/mol. The number of carbonyl (C=O) groups is 1. The van der Waals surface area contributed by atoms with Crippen LogP contribution in [-0.4, -0.2) is 34.2 Å². The maximum atomic E-state index is 11.6. The number of likely N-dealkylation sites (N-methyl/N-ethyl adjacent to an activating group) is 1. The van der Waals surface area contributed by atoms with E-state index in [1.807, 2.05) is 18.7 Å². The lowest BCUT2D eigenvalue weighted by Crippen LogP contribution is -2.49. The highest BCUT2D eigenvalue weighted by molar-refractivity contribution is 5.80. The van der Waals surface area contributed by atoms with Crippen LogP contribution in [0.5, 0.6) is 5.75 Å². The van der Waals surface area contributed by atoms with Gasteiger partial charge in [0.05, 0.1) is 0 Å². The summed E-state index contributed by atoms with van der Waals surface area (Å²) >= 11 is 0. The van der Waals surface area contributed by atoms with Crippen molar-refractivity contribution in [2.45, 2.75) is 26.3 Å². The van der Waals surface area contributed by atoms with E-state index in [2.05, 4.69) is 0 Å². The molecule has 0 saturated carbocycles. The van der Waals surface area contributed by atoms with Crippen molar-refractivity contribution in [3.63, 3.8) is 0 Å². The van der Waals surface area contributed by atoms with Gasteiger partial charge in [-0.05, 0) is 37.7 Å². The normalized spacial score (nSPS) is 14.6. The first-order valence-electron chi connectivity index (χ1n) is 5.74. The molecule has 1 aromatic rings. The lowest BCUT2D eigenvalue weighted by atomic mass is 9.90. The van der Waals surface area contributed by atoms with Gasteiger partial charge in [-0.1, -0.05) is 26.0 Å². The molecule has 2 N–H and O–H groups in total. The third-order valence-electron chi connectivity index (χ3n) is 3.24. The Balaban J connectivity index is 3.24. The van der Waals surface area contributed by atoms with Gasteiger partial charge in [0.15, 0.2) is 0 Å². The van der Waals surface area contributed by atoms with Crippen LogP contribution in [0.25, 0.3) is 0 Å². The molecule has 0 radical (unpaired) electrons. The van der Waals surface area contributed by atoms with Crippen molar-refractivity contribution < 1.29 is 15.0 Å². The lowest BCUT2D eigenvalue weighted by molar-refractivity contribution is -0.151. The number of phenolic OH excluding ortho intramolecular Hbond substituents is 1. The Hall–Kier alpha value is -1.55. The monoisotopic (exact) mass is 237 g/mol. The SMILES string of the molecule is CCN(CC)C(C)(C(=O)O)c1ccc(O)cc1. The quantitative estimate of drug-likeness (QED) is 0.822. The Morgan fingerprint density at radius 1 is 1.24 bits per heavy atom. The van der Waals surface area contributed by atoms with Crippen LogP contribution in [-0.2, 0) is 10.3 Å². The molecule has 0 amide bonds. The van der Waals surface area contributed by atoms with E-state index in [1.54, 1.807) is 19.1 Å². The van der Waals surface area contributed by atoms with E-state index in [9.17, 15) is 15.0 Å². The van der Waals surface area contributed by atoms with Gasteiger partial charge in [0.2, 0.25) is 0 Å². The van der Waals surface area contributed by atoms with Gasteiger partial charge in [0.25, 0.3) is 0 Å². The number of hydrogen-bond donors (Lipinski definition) is 2. The zero-order chi connectivity index (χ0) is 13.1. The molecule has 4 heteroatoms. The van der Waals surface area contributed by atoms with Gasteiger partial charge in [-0.15, -0.1) is 0 Å². The number of benzene rings is 1. The number of aromatic hydroxyl groups is 1. The Morgan fingerprint density at radius 3 is 2.06 bits per heavy atom. The van der Waals surface area contributed by atoms with E-state index in [1.165, 1.54) is 12.1 Å². The fraction of sp³-hybridized carbons (Fsp3) is 0.462. The molecular formula is C13H19NO3. The average Bonchev–Trinajstić information content (AvgIpc) is 2.30. The van der Waals surface area contributed by atoms with Gasteiger partial charge in [-0.2, -0.15) is 0 Å². The second-order valence-corrected chi connectivity index (χ2v) is 4.10. The Kier molecular flexibility index (Phi) is 4.12. The van der Waals surface area contributed by atoms with Crippen LogP contribution in [0.15, 0.2) is 24.3 Å². The van der Waals surface area contributed by atoms with E-state index < -0.39 is 11.5 Å². The molecule has 0 bridgehead atoms. The largest absolute Gasteiger partial charge is 0.508 e. The van der Waals surface area contributed by atoms with Crippen molar-refractivity contribution in [3.05, 3.63) is 29.8 Å². The van der Waals surface area contributed by atoms with E-state index in [-0.39, 0.29) is 5.75 Å². The number of aliphatic carboxylic acids is 1. The first kappa shape index (κ1) is 13.5. The second-order valence-electron chi connectivity index (χ2n) is 4.10. The fourth-order valence-electron chi connectivity index (χ4n) is 2.08. The molecule has 17 heavy (non-hydrogen) atoms. The minimum Gasteiger partial charge on any atom is -0.508 e. The van der Waals surface area contributed by atoms with E-state index >= 15 is 0 Å². The van der Waals surface area contributed by atoms with Gasteiger partial charge < -0.3 is 10.2 Å². The number of nitrogens with zero attached hydrogens (tertiary/aromatic N) is 1. The van der Waals surface area contributed by atoms with Crippen LogP contribution in [0, 0.1) is 0 Å². The number of carboxylic acids is 1. The van der Waals surface area contributed by atoms with Crippen molar-refractivity contribution in [2.24, 2.45) is 0 Å². The van der Waals surface area contributed by atoms with Crippen LogP contribution >= 0.6 is 0 Å². The molecule has 0 heterocycles. The molecule has 0 aliphatic rings. The summed E-state index contributed by atoms with van der Waals surface area (Å²) in [6, 6.07) is 6.34. The first-order valence-corrected chi connectivity index (χ1v) is 5.74. The summed E-state index contributed by atoms with van der Waals surface area (Å²) in [4.78, 5) is 13.4. The maximum Gasteiger partial charge on any atom is 0.328 e. The third kappa shape index (κ3) is 2.42.